The predicted molar refractivity (Wildman–Crippen MR) is 137 cm³/mol. The summed E-state index contributed by atoms with van der Waals surface area (Å²) >= 11 is 0. The number of nitrogens with zero attached hydrogens (tertiary/aromatic N) is 2. The number of anilines is 3. The van der Waals surface area contributed by atoms with E-state index < -0.39 is 0 Å². The van der Waals surface area contributed by atoms with E-state index in [1.54, 1.807) is 12.2 Å². The number of morpholine rings is 1. The van der Waals surface area contributed by atoms with Gasteiger partial charge in [0.05, 0.1) is 25.5 Å². The van der Waals surface area contributed by atoms with Crippen LogP contribution in [0.1, 0.15) is 12.5 Å². The molecular formula is C25H32N6O2. The standard InChI is InChI=1S/C25H32N6O2/c1-3-5-23(19-6-8-20(9-7-19)28-24(32)18-27-4-2)30-25(26)29-21-10-12-22(13-11-21)31-14-16-33-17-15-31/h3,5-13,27H,1,4,14-18H2,2H3,(H,28,32)(H3,26,29,30)/b23-5-. The van der Waals surface area contributed by atoms with Crippen LogP contribution in [-0.4, -0.2) is 51.3 Å². The fraction of sp³-hybridized carbons (Fsp3) is 0.280. The van der Waals surface area contributed by atoms with Crippen LogP contribution in [-0.2, 0) is 9.53 Å². The Morgan fingerprint density at radius 2 is 1.73 bits per heavy atom. The summed E-state index contributed by atoms with van der Waals surface area (Å²) in [5, 5.41) is 8.98. The molecule has 1 aliphatic rings. The number of ether oxygens (including phenoxy) is 1. The number of carbonyl (C=O) groups excluding carboxylic acids is 1. The van der Waals surface area contributed by atoms with Crippen molar-refractivity contribution in [3.8, 4) is 0 Å². The van der Waals surface area contributed by atoms with Crippen LogP contribution in [0.3, 0.4) is 0 Å². The maximum absolute atomic E-state index is 11.9. The van der Waals surface area contributed by atoms with Crippen molar-refractivity contribution in [2.24, 2.45) is 10.7 Å². The Morgan fingerprint density at radius 1 is 1.09 bits per heavy atom. The maximum Gasteiger partial charge on any atom is 0.238 e. The largest absolute Gasteiger partial charge is 0.378 e. The van der Waals surface area contributed by atoms with Gasteiger partial charge in [0, 0.05) is 35.7 Å². The highest BCUT2D eigenvalue weighted by atomic mass is 16.5. The second kappa shape index (κ2) is 12.4. The SMILES string of the molecule is C=C/C=C(\N=C(N)Nc1ccc(N2CCOCC2)cc1)c1ccc(NC(=O)CNCC)cc1. The van der Waals surface area contributed by atoms with Crippen LogP contribution >= 0.6 is 0 Å². The van der Waals surface area contributed by atoms with Crippen LogP contribution in [0.15, 0.2) is 72.3 Å². The van der Waals surface area contributed by atoms with E-state index in [0.717, 1.165) is 55.5 Å². The Bertz CT molecular complexity index is 977. The highest BCUT2D eigenvalue weighted by Crippen LogP contribution is 2.21. The first kappa shape index (κ1) is 24.0. The van der Waals surface area contributed by atoms with Crippen molar-refractivity contribution in [3.05, 3.63) is 72.8 Å². The number of guanidine groups is 1. The lowest BCUT2D eigenvalue weighted by Gasteiger charge is -2.28. The number of allylic oxidation sites excluding steroid dienone is 2. The molecule has 0 aliphatic carbocycles. The van der Waals surface area contributed by atoms with Crippen LogP contribution in [0.4, 0.5) is 17.1 Å². The summed E-state index contributed by atoms with van der Waals surface area (Å²) in [4.78, 5) is 18.7. The second-order valence-electron chi connectivity index (χ2n) is 7.46. The highest BCUT2D eigenvalue weighted by molar-refractivity contribution is 5.96. The highest BCUT2D eigenvalue weighted by Gasteiger charge is 2.11. The molecule has 2 aromatic rings. The van der Waals surface area contributed by atoms with E-state index >= 15 is 0 Å². The number of amides is 1. The molecule has 2 aromatic carbocycles. The summed E-state index contributed by atoms with van der Waals surface area (Å²) < 4.78 is 5.41. The first-order valence-electron chi connectivity index (χ1n) is 11.1. The molecule has 8 nitrogen and oxygen atoms in total. The van der Waals surface area contributed by atoms with Crippen molar-refractivity contribution in [1.82, 2.24) is 5.32 Å². The van der Waals surface area contributed by atoms with Gasteiger partial charge in [0.1, 0.15) is 0 Å². The second-order valence-corrected chi connectivity index (χ2v) is 7.46. The number of likely N-dealkylation sites (N-methyl/N-ethyl adjacent to an activating group) is 1. The van der Waals surface area contributed by atoms with Gasteiger partial charge in [-0.05, 0) is 49.0 Å². The van der Waals surface area contributed by atoms with Gasteiger partial charge >= 0.3 is 0 Å². The Balaban J connectivity index is 1.64. The van der Waals surface area contributed by atoms with Crippen molar-refractivity contribution >= 4 is 34.6 Å². The summed E-state index contributed by atoms with van der Waals surface area (Å²) in [7, 11) is 0. The fourth-order valence-electron chi connectivity index (χ4n) is 3.36. The lowest BCUT2D eigenvalue weighted by Crippen LogP contribution is -2.36. The van der Waals surface area contributed by atoms with Gasteiger partial charge in [0.15, 0.2) is 5.96 Å². The van der Waals surface area contributed by atoms with E-state index in [0.29, 0.717) is 5.70 Å². The number of benzene rings is 2. The van der Waals surface area contributed by atoms with Gasteiger partial charge in [0.25, 0.3) is 0 Å². The summed E-state index contributed by atoms with van der Waals surface area (Å²) in [6.45, 7) is 10.0. The number of rotatable bonds is 9. The molecule has 174 valence electrons. The minimum atomic E-state index is -0.0856. The summed E-state index contributed by atoms with van der Waals surface area (Å²) in [5.41, 5.74) is 10.4. The van der Waals surface area contributed by atoms with Crippen LogP contribution in [0.5, 0.6) is 0 Å². The smallest absolute Gasteiger partial charge is 0.238 e. The van der Waals surface area contributed by atoms with Crippen LogP contribution in [0.25, 0.3) is 5.70 Å². The predicted octanol–water partition coefficient (Wildman–Crippen LogP) is 3.02. The average molecular weight is 449 g/mol. The molecule has 5 N–H and O–H groups in total. The van der Waals surface area contributed by atoms with Crippen molar-refractivity contribution in [3.63, 3.8) is 0 Å². The molecule has 1 saturated heterocycles. The third kappa shape index (κ3) is 7.48. The van der Waals surface area contributed by atoms with Crippen molar-refractivity contribution in [2.45, 2.75) is 6.92 Å². The molecule has 8 heteroatoms. The number of hydrogen-bond donors (Lipinski definition) is 4. The number of aliphatic imine (C=N–C) groups is 1. The van der Waals surface area contributed by atoms with Gasteiger partial charge in [-0.3, -0.25) is 4.79 Å². The van der Waals surface area contributed by atoms with Gasteiger partial charge in [0.2, 0.25) is 5.91 Å². The van der Waals surface area contributed by atoms with Crippen LogP contribution in [0, 0.1) is 0 Å². The average Bonchev–Trinajstić information content (AvgIpc) is 2.84. The topological polar surface area (TPSA) is 104 Å². The first-order chi connectivity index (χ1) is 16.1. The third-order valence-electron chi connectivity index (χ3n) is 5.03. The fourth-order valence-corrected chi connectivity index (χ4v) is 3.36. The Labute approximate surface area is 195 Å². The Hall–Kier alpha value is -3.62. The molecule has 1 fully saturated rings. The quantitative estimate of drug-likeness (QED) is 0.267. The molecular weight excluding hydrogens is 416 g/mol. The monoisotopic (exact) mass is 448 g/mol. The number of hydrogen-bond acceptors (Lipinski definition) is 5. The minimum Gasteiger partial charge on any atom is -0.378 e. The molecule has 1 aliphatic heterocycles. The maximum atomic E-state index is 11.9. The number of nitrogens with one attached hydrogen (secondary N) is 3. The van der Waals surface area contributed by atoms with E-state index in [1.165, 1.54) is 0 Å². The molecule has 0 unspecified atom stereocenters. The van der Waals surface area contributed by atoms with E-state index in [-0.39, 0.29) is 18.4 Å². The van der Waals surface area contributed by atoms with Crippen LogP contribution in [0.2, 0.25) is 0 Å². The van der Waals surface area contributed by atoms with Crippen molar-refractivity contribution in [1.29, 1.82) is 0 Å². The van der Waals surface area contributed by atoms with Gasteiger partial charge in [-0.15, -0.1) is 0 Å². The number of nitrogens with two attached hydrogens (primary N) is 1. The molecule has 1 heterocycles. The zero-order chi connectivity index (χ0) is 23.5. The van der Waals surface area contributed by atoms with Crippen molar-refractivity contribution in [2.75, 3.05) is 54.9 Å². The molecule has 0 bridgehead atoms. The molecule has 0 radical (unpaired) electrons. The zero-order valence-corrected chi connectivity index (χ0v) is 19.0. The van der Waals surface area contributed by atoms with Gasteiger partial charge in [-0.1, -0.05) is 31.7 Å². The van der Waals surface area contributed by atoms with Gasteiger partial charge in [-0.2, -0.15) is 0 Å². The summed E-state index contributed by atoms with van der Waals surface area (Å²) in [6.07, 6.45) is 3.45. The zero-order valence-electron chi connectivity index (χ0n) is 19.0. The van der Waals surface area contributed by atoms with E-state index in [2.05, 4.69) is 44.6 Å². The lowest BCUT2D eigenvalue weighted by atomic mass is 10.1. The van der Waals surface area contributed by atoms with Crippen LogP contribution < -0.4 is 26.6 Å². The Kier molecular flexibility index (Phi) is 9.05. The molecule has 1 amide bonds. The third-order valence-corrected chi connectivity index (χ3v) is 5.03. The lowest BCUT2D eigenvalue weighted by molar-refractivity contribution is -0.115. The van der Waals surface area contributed by atoms with E-state index in [4.69, 9.17) is 10.5 Å². The Morgan fingerprint density at radius 3 is 2.36 bits per heavy atom. The summed E-state index contributed by atoms with van der Waals surface area (Å²) in [6, 6.07) is 15.5. The van der Waals surface area contributed by atoms with E-state index in [1.807, 2.05) is 43.3 Å². The van der Waals surface area contributed by atoms with Gasteiger partial charge in [-0.25, -0.2) is 4.99 Å². The minimum absolute atomic E-state index is 0.0856. The molecule has 0 aromatic heterocycles. The molecule has 0 atom stereocenters. The molecule has 3 rings (SSSR count). The molecule has 0 saturated carbocycles. The summed E-state index contributed by atoms with van der Waals surface area (Å²) in [5.74, 6) is 0.183. The van der Waals surface area contributed by atoms with Gasteiger partial charge < -0.3 is 31.3 Å². The molecule has 0 spiro atoms. The first-order valence-corrected chi connectivity index (χ1v) is 11.1. The van der Waals surface area contributed by atoms with E-state index in [9.17, 15) is 4.79 Å². The van der Waals surface area contributed by atoms with Crippen molar-refractivity contribution < 1.29 is 9.53 Å². The normalized spacial score (nSPS) is 14.6. The number of carbonyl (C=O) groups is 1. The molecule has 33 heavy (non-hydrogen) atoms.